The van der Waals surface area contributed by atoms with Crippen molar-refractivity contribution in [2.24, 2.45) is 5.73 Å². The van der Waals surface area contributed by atoms with Crippen molar-refractivity contribution < 1.29 is 9.26 Å². The Labute approximate surface area is 106 Å². The summed E-state index contributed by atoms with van der Waals surface area (Å²) >= 11 is 0. The zero-order chi connectivity index (χ0) is 13.1. The third kappa shape index (κ3) is 2.87. The van der Waals surface area contributed by atoms with Gasteiger partial charge in [-0.3, -0.25) is 0 Å². The quantitative estimate of drug-likeness (QED) is 0.897. The maximum absolute atomic E-state index is 5.83. The molecule has 0 saturated carbocycles. The van der Waals surface area contributed by atoms with Gasteiger partial charge >= 0.3 is 0 Å². The van der Waals surface area contributed by atoms with Crippen molar-refractivity contribution >= 4 is 0 Å². The van der Waals surface area contributed by atoms with E-state index in [-0.39, 0.29) is 6.04 Å². The normalized spacial score (nSPS) is 12.4. The standard InChI is InChI=1S/C13H17N3O2/c1-8-6-11(9(2)14)4-5-12(8)17-7-13-15-10(3)18-16-13/h4-6,9H,7,14H2,1-3H3/t9-/m0/s1. The van der Waals surface area contributed by atoms with Gasteiger partial charge in [0.2, 0.25) is 11.7 Å². The third-order valence-corrected chi connectivity index (χ3v) is 2.65. The van der Waals surface area contributed by atoms with Gasteiger partial charge in [0.05, 0.1) is 0 Å². The molecule has 2 rings (SSSR count). The molecule has 1 heterocycles. The average molecular weight is 247 g/mol. The Morgan fingerprint density at radius 3 is 2.72 bits per heavy atom. The number of aromatic nitrogens is 2. The molecule has 0 radical (unpaired) electrons. The van der Waals surface area contributed by atoms with Crippen molar-refractivity contribution in [2.45, 2.75) is 33.4 Å². The van der Waals surface area contributed by atoms with Gasteiger partial charge in [-0.05, 0) is 31.0 Å². The van der Waals surface area contributed by atoms with Crippen LogP contribution in [0.3, 0.4) is 0 Å². The fraction of sp³-hybridized carbons (Fsp3) is 0.385. The molecule has 0 aliphatic carbocycles. The molecule has 0 saturated heterocycles. The molecule has 5 heteroatoms. The molecule has 1 aromatic carbocycles. The van der Waals surface area contributed by atoms with Crippen LogP contribution < -0.4 is 10.5 Å². The number of nitrogens with two attached hydrogens (primary N) is 1. The van der Waals surface area contributed by atoms with Crippen molar-refractivity contribution in [3.05, 3.63) is 41.0 Å². The fourth-order valence-corrected chi connectivity index (χ4v) is 1.66. The highest BCUT2D eigenvalue weighted by Crippen LogP contribution is 2.22. The molecule has 5 nitrogen and oxygen atoms in total. The van der Waals surface area contributed by atoms with Crippen LogP contribution in [-0.2, 0) is 6.61 Å². The second-order valence-electron chi connectivity index (χ2n) is 4.33. The Hall–Kier alpha value is -1.88. The van der Waals surface area contributed by atoms with Crippen LogP contribution in [0.1, 0.15) is 35.8 Å². The van der Waals surface area contributed by atoms with Crippen LogP contribution in [0.25, 0.3) is 0 Å². The molecule has 0 fully saturated rings. The van der Waals surface area contributed by atoms with Crippen LogP contribution in [0.15, 0.2) is 22.7 Å². The number of benzene rings is 1. The van der Waals surface area contributed by atoms with E-state index in [0.29, 0.717) is 18.3 Å². The van der Waals surface area contributed by atoms with Gasteiger partial charge in [-0.1, -0.05) is 17.3 Å². The Balaban J connectivity index is 2.05. The largest absolute Gasteiger partial charge is 0.485 e. The summed E-state index contributed by atoms with van der Waals surface area (Å²) in [6, 6.07) is 5.94. The minimum absolute atomic E-state index is 0.0256. The molecule has 2 N–H and O–H groups in total. The molecule has 0 aliphatic rings. The SMILES string of the molecule is Cc1nc(COc2ccc([C@H](C)N)cc2C)no1. The van der Waals surface area contributed by atoms with Crippen LogP contribution in [0.2, 0.25) is 0 Å². The second kappa shape index (κ2) is 5.18. The van der Waals surface area contributed by atoms with Gasteiger partial charge in [-0.25, -0.2) is 0 Å². The van der Waals surface area contributed by atoms with E-state index in [4.69, 9.17) is 15.0 Å². The molecule has 0 unspecified atom stereocenters. The highest BCUT2D eigenvalue weighted by atomic mass is 16.5. The van der Waals surface area contributed by atoms with Gasteiger partial charge in [0.1, 0.15) is 5.75 Å². The molecule has 1 aromatic heterocycles. The summed E-state index contributed by atoms with van der Waals surface area (Å²) in [6.07, 6.45) is 0. The van der Waals surface area contributed by atoms with Crippen molar-refractivity contribution in [2.75, 3.05) is 0 Å². The van der Waals surface area contributed by atoms with E-state index in [1.54, 1.807) is 6.92 Å². The summed E-state index contributed by atoms with van der Waals surface area (Å²) in [4.78, 5) is 4.08. The van der Waals surface area contributed by atoms with Gasteiger partial charge in [0, 0.05) is 13.0 Å². The lowest BCUT2D eigenvalue weighted by molar-refractivity contribution is 0.284. The molecule has 0 spiro atoms. The number of hydrogen-bond donors (Lipinski definition) is 1. The first-order valence-corrected chi connectivity index (χ1v) is 5.84. The summed E-state index contributed by atoms with van der Waals surface area (Å²) in [5.41, 5.74) is 7.97. The van der Waals surface area contributed by atoms with Crippen molar-refractivity contribution in [3.63, 3.8) is 0 Å². The monoisotopic (exact) mass is 247 g/mol. The second-order valence-corrected chi connectivity index (χ2v) is 4.33. The molecule has 18 heavy (non-hydrogen) atoms. The molecular formula is C13H17N3O2. The lowest BCUT2D eigenvalue weighted by Gasteiger charge is -2.11. The number of aryl methyl sites for hydroxylation is 2. The van der Waals surface area contributed by atoms with Crippen molar-refractivity contribution in [1.29, 1.82) is 0 Å². The fourth-order valence-electron chi connectivity index (χ4n) is 1.66. The van der Waals surface area contributed by atoms with Gasteiger partial charge in [0.15, 0.2) is 6.61 Å². The summed E-state index contributed by atoms with van der Waals surface area (Å²) in [7, 11) is 0. The molecule has 2 aromatic rings. The average Bonchev–Trinajstić information content (AvgIpc) is 2.73. The summed E-state index contributed by atoms with van der Waals surface area (Å²) < 4.78 is 10.5. The van der Waals surface area contributed by atoms with Crippen LogP contribution in [0, 0.1) is 13.8 Å². The van der Waals surface area contributed by atoms with Crippen molar-refractivity contribution in [3.8, 4) is 5.75 Å². The summed E-state index contributed by atoms with van der Waals surface area (Å²) in [6.45, 7) is 6.00. The molecule has 0 amide bonds. The van der Waals surface area contributed by atoms with E-state index in [0.717, 1.165) is 16.9 Å². The first-order chi connectivity index (χ1) is 8.56. The predicted octanol–water partition coefficient (Wildman–Crippen LogP) is 2.29. The Kier molecular flexibility index (Phi) is 3.62. The van der Waals surface area contributed by atoms with Crippen LogP contribution in [0.4, 0.5) is 0 Å². The van der Waals surface area contributed by atoms with Gasteiger partial charge in [0.25, 0.3) is 0 Å². The first-order valence-electron chi connectivity index (χ1n) is 5.84. The molecule has 0 bridgehead atoms. The molecular weight excluding hydrogens is 230 g/mol. The maximum atomic E-state index is 5.83. The zero-order valence-corrected chi connectivity index (χ0v) is 10.8. The van der Waals surface area contributed by atoms with Crippen LogP contribution in [0.5, 0.6) is 5.75 Å². The van der Waals surface area contributed by atoms with Gasteiger partial charge in [-0.2, -0.15) is 4.98 Å². The number of rotatable bonds is 4. The zero-order valence-electron chi connectivity index (χ0n) is 10.8. The van der Waals surface area contributed by atoms with Crippen LogP contribution in [-0.4, -0.2) is 10.1 Å². The first kappa shape index (κ1) is 12.6. The topological polar surface area (TPSA) is 74.2 Å². The van der Waals surface area contributed by atoms with E-state index in [2.05, 4.69) is 10.1 Å². The minimum atomic E-state index is 0.0256. The number of hydrogen-bond acceptors (Lipinski definition) is 5. The molecule has 96 valence electrons. The highest BCUT2D eigenvalue weighted by Gasteiger charge is 2.07. The van der Waals surface area contributed by atoms with Crippen molar-refractivity contribution in [1.82, 2.24) is 10.1 Å². The van der Waals surface area contributed by atoms with Crippen LogP contribution >= 0.6 is 0 Å². The van der Waals surface area contributed by atoms with Gasteiger partial charge < -0.3 is 15.0 Å². The lowest BCUT2D eigenvalue weighted by atomic mass is 10.1. The van der Waals surface area contributed by atoms with E-state index >= 15 is 0 Å². The Bertz CT molecular complexity index is 535. The number of nitrogens with zero attached hydrogens (tertiary/aromatic N) is 2. The lowest BCUT2D eigenvalue weighted by Crippen LogP contribution is -2.06. The van der Waals surface area contributed by atoms with Gasteiger partial charge in [-0.15, -0.1) is 0 Å². The third-order valence-electron chi connectivity index (χ3n) is 2.65. The van der Waals surface area contributed by atoms with E-state index < -0.39 is 0 Å². The Morgan fingerprint density at radius 2 is 2.17 bits per heavy atom. The molecule has 1 atom stereocenters. The number of ether oxygens (including phenoxy) is 1. The minimum Gasteiger partial charge on any atom is -0.485 e. The molecule has 0 aliphatic heterocycles. The maximum Gasteiger partial charge on any atom is 0.223 e. The van der Waals surface area contributed by atoms with E-state index in [9.17, 15) is 0 Å². The van der Waals surface area contributed by atoms with E-state index in [1.807, 2.05) is 32.0 Å². The summed E-state index contributed by atoms with van der Waals surface area (Å²) in [5.74, 6) is 1.89. The van der Waals surface area contributed by atoms with E-state index in [1.165, 1.54) is 0 Å². The highest BCUT2D eigenvalue weighted by molar-refractivity contribution is 5.37. The smallest absolute Gasteiger partial charge is 0.223 e. The Morgan fingerprint density at radius 1 is 1.39 bits per heavy atom. The summed E-state index contributed by atoms with van der Waals surface area (Å²) in [5, 5.41) is 3.78. The predicted molar refractivity (Wildman–Crippen MR) is 67.1 cm³/mol.